The van der Waals surface area contributed by atoms with Gasteiger partial charge in [-0.15, -0.1) is 0 Å². The number of aryl methyl sites for hydroxylation is 2. The number of Topliss-reactive ketones (excluding diaryl/α,β-unsaturated/α-hetero) is 1. The second-order valence-corrected chi connectivity index (χ2v) is 4.22. The van der Waals surface area contributed by atoms with E-state index in [1.165, 1.54) is 5.56 Å². The Morgan fingerprint density at radius 1 is 1.18 bits per heavy atom. The first-order chi connectivity index (χ1) is 8.25. The molecule has 0 unspecified atom stereocenters. The average Bonchev–Trinajstić information content (AvgIpc) is 2.82. The van der Waals surface area contributed by atoms with Crippen molar-refractivity contribution < 1.29 is 9.21 Å². The molecule has 1 heterocycles. The van der Waals surface area contributed by atoms with Crippen LogP contribution in [-0.4, -0.2) is 5.78 Å². The van der Waals surface area contributed by atoms with E-state index in [4.69, 9.17) is 4.42 Å². The van der Waals surface area contributed by atoms with Crippen molar-refractivity contribution >= 4 is 5.78 Å². The molecule has 0 amide bonds. The Hall–Kier alpha value is -1.83. The predicted octanol–water partition coefficient (Wildman–Crippen LogP) is 3.33. The highest BCUT2D eigenvalue weighted by Gasteiger charge is 2.07. The van der Waals surface area contributed by atoms with Crippen LogP contribution in [0.5, 0.6) is 0 Å². The van der Waals surface area contributed by atoms with Gasteiger partial charge in [0.1, 0.15) is 11.5 Å². The van der Waals surface area contributed by atoms with E-state index in [2.05, 4.69) is 0 Å². The van der Waals surface area contributed by atoms with Crippen molar-refractivity contribution in [1.82, 2.24) is 0 Å². The van der Waals surface area contributed by atoms with E-state index in [1.54, 1.807) is 6.26 Å². The van der Waals surface area contributed by atoms with E-state index in [0.717, 1.165) is 11.3 Å². The minimum absolute atomic E-state index is 0.260. The summed E-state index contributed by atoms with van der Waals surface area (Å²) in [7, 11) is 0. The maximum Gasteiger partial charge on any atom is 0.137 e. The summed E-state index contributed by atoms with van der Waals surface area (Å²) in [4.78, 5) is 11.8. The van der Waals surface area contributed by atoms with Crippen molar-refractivity contribution in [3.8, 4) is 0 Å². The van der Waals surface area contributed by atoms with E-state index < -0.39 is 0 Å². The lowest BCUT2D eigenvalue weighted by atomic mass is 10.0. The minimum atomic E-state index is 0.260. The molecule has 0 radical (unpaired) electrons. The van der Waals surface area contributed by atoms with Crippen LogP contribution in [0.25, 0.3) is 0 Å². The fraction of sp³-hybridized carbons (Fsp3) is 0.267. The molecule has 0 N–H and O–H groups in total. The Bertz CT molecular complexity index is 483. The number of furan rings is 1. The topological polar surface area (TPSA) is 30.2 Å². The summed E-state index contributed by atoms with van der Waals surface area (Å²) in [5, 5.41) is 0. The third kappa shape index (κ3) is 3.31. The summed E-state index contributed by atoms with van der Waals surface area (Å²) in [6.07, 6.45) is 3.40. The fourth-order valence-electron chi connectivity index (χ4n) is 1.83. The number of ketones is 1. The molecule has 88 valence electrons. The van der Waals surface area contributed by atoms with Crippen LogP contribution in [0, 0.1) is 6.92 Å². The van der Waals surface area contributed by atoms with Crippen molar-refractivity contribution in [1.29, 1.82) is 0 Å². The zero-order chi connectivity index (χ0) is 12.1. The van der Waals surface area contributed by atoms with Crippen LogP contribution in [0.2, 0.25) is 0 Å². The van der Waals surface area contributed by atoms with Crippen LogP contribution in [0.1, 0.15) is 23.3 Å². The van der Waals surface area contributed by atoms with E-state index in [9.17, 15) is 4.79 Å². The first-order valence-corrected chi connectivity index (χ1v) is 5.84. The Labute approximate surface area is 101 Å². The van der Waals surface area contributed by atoms with Crippen molar-refractivity contribution in [2.75, 3.05) is 0 Å². The summed E-state index contributed by atoms with van der Waals surface area (Å²) in [6.45, 7) is 2.04. The van der Waals surface area contributed by atoms with Gasteiger partial charge in [-0.2, -0.15) is 0 Å². The molecule has 0 aliphatic carbocycles. The van der Waals surface area contributed by atoms with Gasteiger partial charge in [0.15, 0.2) is 0 Å². The van der Waals surface area contributed by atoms with Crippen molar-refractivity contribution in [3.05, 3.63) is 59.5 Å². The van der Waals surface area contributed by atoms with Crippen LogP contribution in [0.15, 0.2) is 47.1 Å². The Kier molecular flexibility index (Phi) is 3.76. The fourth-order valence-corrected chi connectivity index (χ4v) is 1.83. The highest BCUT2D eigenvalue weighted by molar-refractivity contribution is 5.81. The second-order valence-electron chi connectivity index (χ2n) is 4.22. The molecular weight excluding hydrogens is 212 g/mol. The molecule has 0 spiro atoms. The van der Waals surface area contributed by atoms with Crippen LogP contribution >= 0.6 is 0 Å². The monoisotopic (exact) mass is 228 g/mol. The van der Waals surface area contributed by atoms with Gasteiger partial charge in [-0.25, -0.2) is 0 Å². The molecule has 2 heteroatoms. The molecule has 1 aromatic carbocycles. The van der Waals surface area contributed by atoms with Gasteiger partial charge in [-0.3, -0.25) is 4.79 Å². The summed E-state index contributed by atoms with van der Waals surface area (Å²) >= 11 is 0. The molecule has 2 rings (SSSR count). The lowest BCUT2D eigenvalue weighted by Gasteiger charge is -2.04. The van der Waals surface area contributed by atoms with Crippen LogP contribution in [0.4, 0.5) is 0 Å². The number of carbonyl (C=O) groups excluding carboxylic acids is 1. The normalized spacial score (nSPS) is 10.4. The Morgan fingerprint density at radius 3 is 2.71 bits per heavy atom. The van der Waals surface area contributed by atoms with Crippen molar-refractivity contribution in [3.63, 3.8) is 0 Å². The Morgan fingerprint density at radius 2 is 2.00 bits per heavy atom. The van der Waals surface area contributed by atoms with Gasteiger partial charge in [-0.05, 0) is 30.2 Å². The van der Waals surface area contributed by atoms with E-state index >= 15 is 0 Å². The smallest absolute Gasteiger partial charge is 0.137 e. The van der Waals surface area contributed by atoms with Crippen LogP contribution < -0.4 is 0 Å². The molecule has 0 saturated carbocycles. The minimum Gasteiger partial charge on any atom is -0.469 e. The highest BCUT2D eigenvalue weighted by atomic mass is 16.3. The quantitative estimate of drug-likeness (QED) is 0.785. The average molecular weight is 228 g/mol. The number of benzene rings is 1. The third-order valence-corrected chi connectivity index (χ3v) is 2.88. The van der Waals surface area contributed by atoms with E-state index in [0.29, 0.717) is 19.3 Å². The van der Waals surface area contributed by atoms with Gasteiger partial charge in [-0.1, -0.05) is 24.3 Å². The molecule has 0 aliphatic heterocycles. The lowest BCUT2D eigenvalue weighted by molar-refractivity contribution is -0.118. The summed E-state index contributed by atoms with van der Waals surface area (Å²) in [6, 6.07) is 11.8. The standard InChI is InChI=1S/C15H16O2/c1-12-5-2-3-6-13(12)11-14(16)8-9-15-7-4-10-17-15/h2-7,10H,8-9,11H2,1H3. The third-order valence-electron chi connectivity index (χ3n) is 2.88. The molecular formula is C15H16O2. The van der Waals surface area contributed by atoms with Crippen LogP contribution in [-0.2, 0) is 17.6 Å². The number of hydrogen-bond donors (Lipinski definition) is 0. The van der Waals surface area contributed by atoms with Gasteiger partial charge in [0, 0.05) is 19.3 Å². The number of rotatable bonds is 5. The molecule has 2 nitrogen and oxygen atoms in total. The maximum atomic E-state index is 11.8. The predicted molar refractivity (Wildman–Crippen MR) is 66.9 cm³/mol. The first kappa shape index (κ1) is 11.6. The summed E-state index contributed by atoms with van der Waals surface area (Å²) in [5.41, 5.74) is 2.30. The van der Waals surface area contributed by atoms with E-state index in [1.807, 2.05) is 43.3 Å². The molecule has 0 bridgehead atoms. The molecule has 0 saturated heterocycles. The molecule has 0 aliphatic rings. The van der Waals surface area contributed by atoms with Gasteiger partial charge >= 0.3 is 0 Å². The maximum absolute atomic E-state index is 11.8. The van der Waals surface area contributed by atoms with Gasteiger partial charge in [0.25, 0.3) is 0 Å². The molecule has 2 aromatic rings. The van der Waals surface area contributed by atoms with E-state index in [-0.39, 0.29) is 5.78 Å². The highest BCUT2D eigenvalue weighted by Crippen LogP contribution is 2.10. The molecule has 0 fully saturated rings. The molecule has 0 atom stereocenters. The second kappa shape index (κ2) is 5.48. The zero-order valence-corrected chi connectivity index (χ0v) is 9.98. The zero-order valence-electron chi connectivity index (χ0n) is 9.98. The van der Waals surface area contributed by atoms with Gasteiger partial charge < -0.3 is 4.42 Å². The SMILES string of the molecule is Cc1ccccc1CC(=O)CCc1ccco1. The van der Waals surface area contributed by atoms with Gasteiger partial charge in [0.05, 0.1) is 6.26 Å². The molecule has 1 aromatic heterocycles. The molecule has 17 heavy (non-hydrogen) atoms. The van der Waals surface area contributed by atoms with Gasteiger partial charge in [0.2, 0.25) is 0 Å². The van der Waals surface area contributed by atoms with Crippen LogP contribution in [0.3, 0.4) is 0 Å². The van der Waals surface area contributed by atoms with Crippen molar-refractivity contribution in [2.45, 2.75) is 26.2 Å². The first-order valence-electron chi connectivity index (χ1n) is 5.84. The Balaban J connectivity index is 1.87. The van der Waals surface area contributed by atoms with Crippen molar-refractivity contribution in [2.24, 2.45) is 0 Å². The summed E-state index contributed by atoms with van der Waals surface area (Å²) in [5.74, 6) is 1.14. The number of hydrogen-bond acceptors (Lipinski definition) is 2. The summed E-state index contributed by atoms with van der Waals surface area (Å²) < 4.78 is 5.21. The largest absolute Gasteiger partial charge is 0.469 e. The number of carbonyl (C=O) groups is 1. The lowest BCUT2D eigenvalue weighted by Crippen LogP contribution is -2.05.